The van der Waals surface area contributed by atoms with Crippen LogP contribution in [0.25, 0.3) is 10.2 Å². The van der Waals surface area contributed by atoms with E-state index in [0.717, 1.165) is 38.5 Å². The Bertz CT molecular complexity index is 1150. The van der Waals surface area contributed by atoms with Gasteiger partial charge in [-0.3, -0.25) is 9.69 Å². The van der Waals surface area contributed by atoms with Crippen LogP contribution in [0.3, 0.4) is 0 Å². The molecule has 0 radical (unpaired) electrons. The lowest BCUT2D eigenvalue weighted by Gasteiger charge is -2.19. The number of hydrogen-bond acceptors (Lipinski definition) is 7. The molecule has 0 saturated carbocycles. The van der Waals surface area contributed by atoms with Gasteiger partial charge in [0.15, 0.2) is 5.13 Å². The molecular weight excluding hydrogens is 426 g/mol. The summed E-state index contributed by atoms with van der Waals surface area (Å²) >= 11 is 1.51. The fourth-order valence-corrected chi connectivity index (χ4v) is 4.33. The number of benzene rings is 2. The molecule has 4 aromatic rings. The second kappa shape index (κ2) is 9.93. The third-order valence-corrected chi connectivity index (χ3v) is 6.24. The van der Waals surface area contributed by atoms with E-state index in [-0.39, 0.29) is 12.3 Å². The van der Waals surface area contributed by atoms with Crippen molar-refractivity contribution in [2.45, 2.75) is 26.9 Å². The van der Waals surface area contributed by atoms with E-state index in [1.807, 2.05) is 62.4 Å². The SMILES string of the molecule is COCCN(C(=O)Cc1ccc(OCc2c(C)noc2C)cc1)c1nc2ccccc2s1. The van der Waals surface area contributed by atoms with Gasteiger partial charge in [-0.15, -0.1) is 0 Å². The van der Waals surface area contributed by atoms with Crippen molar-refractivity contribution in [3.05, 3.63) is 71.1 Å². The number of anilines is 1. The lowest BCUT2D eigenvalue weighted by atomic mass is 10.1. The smallest absolute Gasteiger partial charge is 0.233 e. The largest absolute Gasteiger partial charge is 0.489 e. The molecule has 0 aliphatic carbocycles. The van der Waals surface area contributed by atoms with Gasteiger partial charge in [0, 0.05) is 7.11 Å². The Hall–Kier alpha value is -3.23. The molecule has 166 valence electrons. The molecule has 4 rings (SSSR count). The Morgan fingerprint density at radius 1 is 1.12 bits per heavy atom. The summed E-state index contributed by atoms with van der Waals surface area (Å²) in [6.07, 6.45) is 0.268. The Balaban J connectivity index is 1.43. The Kier molecular flexibility index (Phi) is 6.82. The topological polar surface area (TPSA) is 77.7 Å². The number of carbonyl (C=O) groups excluding carboxylic acids is 1. The van der Waals surface area contributed by atoms with Crippen molar-refractivity contribution in [1.82, 2.24) is 10.1 Å². The molecule has 0 spiro atoms. The first-order valence-electron chi connectivity index (χ1n) is 10.3. The van der Waals surface area contributed by atoms with E-state index in [9.17, 15) is 4.79 Å². The van der Waals surface area contributed by atoms with E-state index >= 15 is 0 Å². The molecule has 32 heavy (non-hydrogen) atoms. The molecule has 2 heterocycles. The fraction of sp³-hybridized carbons (Fsp3) is 0.292. The van der Waals surface area contributed by atoms with Crippen molar-refractivity contribution in [3.8, 4) is 5.75 Å². The first-order valence-corrected chi connectivity index (χ1v) is 11.1. The highest BCUT2D eigenvalue weighted by molar-refractivity contribution is 7.22. The summed E-state index contributed by atoms with van der Waals surface area (Å²) in [7, 11) is 1.63. The summed E-state index contributed by atoms with van der Waals surface area (Å²) in [5.74, 6) is 1.46. The normalized spacial score (nSPS) is 11.1. The van der Waals surface area contributed by atoms with Crippen LogP contribution in [0.5, 0.6) is 5.75 Å². The second-order valence-corrected chi connectivity index (χ2v) is 8.42. The minimum atomic E-state index is -0.0227. The minimum Gasteiger partial charge on any atom is -0.489 e. The number of aromatic nitrogens is 2. The second-order valence-electron chi connectivity index (χ2n) is 7.41. The summed E-state index contributed by atoms with van der Waals surface area (Å²) in [6.45, 7) is 5.05. The molecule has 0 bridgehead atoms. The highest BCUT2D eigenvalue weighted by Gasteiger charge is 2.20. The molecular formula is C24H25N3O4S. The molecule has 0 aliphatic heterocycles. The van der Waals surface area contributed by atoms with Gasteiger partial charge in [0.25, 0.3) is 0 Å². The average Bonchev–Trinajstić information content (AvgIpc) is 3.36. The van der Waals surface area contributed by atoms with Crippen LogP contribution < -0.4 is 9.64 Å². The number of nitrogens with zero attached hydrogens (tertiary/aromatic N) is 3. The van der Waals surface area contributed by atoms with Crippen LogP contribution >= 0.6 is 11.3 Å². The molecule has 8 heteroatoms. The molecule has 0 unspecified atom stereocenters. The number of methoxy groups -OCH3 is 1. The van der Waals surface area contributed by atoms with Crippen molar-refractivity contribution in [1.29, 1.82) is 0 Å². The van der Waals surface area contributed by atoms with Gasteiger partial charge < -0.3 is 14.0 Å². The van der Waals surface area contributed by atoms with Crippen molar-refractivity contribution in [3.63, 3.8) is 0 Å². The number of para-hydroxylation sites is 1. The molecule has 7 nitrogen and oxygen atoms in total. The van der Waals surface area contributed by atoms with E-state index in [1.54, 1.807) is 12.0 Å². The maximum atomic E-state index is 13.1. The Labute approximate surface area is 190 Å². The zero-order valence-corrected chi connectivity index (χ0v) is 19.1. The summed E-state index contributed by atoms with van der Waals surface area (Å²) in [6, 6.07) is 15.5. The summed E-state index contributed by atoms with van der Waals surface area (Å²) in [5, 5.41) is 4.63. The monoisotopic (exact) mass is 451 g/mol. The Morgan fingerprint density at radius 3 is 2.59 bits per heavy atom. The van der Waals surface area contributed by atoms with Crippen molar-refractivity contribution >= 4 is 32.6 Å². The standard InChI is InChI=1S/C24H25N3O4S/c1-16-20(17(2)31-26-16)15-30-19-10-8-18(9-11-19)14-23(28)27(12-13-29-3)24-25-21-6-4-5-7-22(21)32-24/h4-11H,12-15H2,1-3H3. The molecule has 1 amide bonds. The molecule has 0 saturated heterocycles. The number of hydrogen-bond donors (Lipinski definition) is 0. The third-order valence-electron chi connectivity index (χ3n) is 5.18. The lowest BCUT2D eigenvalue weighted by Crippen LogP contribution is -2.35. The molecule has 0 N–H and O–H groups in total. The van der Waals surface area contributed by atoms with Gasteiger partial charge in [-0.25, -0.2) is 4.98 Å². The highest BCUT2D eigenvalue weighted by Crippen LogP contribution is 2.29. The fourth-order valence-electron chi connectivity index (χ4n) is 3.32. The van der Waals surface area contributed by atoms with Gasteiger partial charge in [-0.05, 0) is 43.7 Å². The average molecular weight is 452 g/mol. The molecule has 2 aromatic heterocycles. The number of rotatable bonds is 9. The number of fused-ring (bicyclic) bond motifs is 1. The van der Waals surface area contributed by atoms with E-state index < -0.39 is 0 Å². The van der Waals surface area contributed by atoms with Gasteiger partial charge in [0.2, 0.25) is 5.91 Å². The van der Waals surface area contributed by atoms with Gasteiger partial charge in [-0.2, -0.15) is 0 Å². The van der Waals surface area contributed by atoms with Gasteiger partial charge in [-0.1, -0.05) is 40.8 Å². The van der Waals surface area contributed by atoms with Crippen LogP contribution in [0, 0.1) is 13.8 Å². The van der Waals surface area contributed by atoms with Gasteiger partial charge >= 0.3 is 0 Å². The van der Waals surface area contributed by atoms with Crippen LogP contribution in [0.15, 0.2) is 53.1 Å². The predicted octanol–water partition coefficient (Wildman–Crippen LogP) is 4.70. The van der Waals surface area contributed by atoms with Crippen molar-refractivity contribution in [2.24, 2.45) is 0 Å². The third kappa shape index (κ3) is 4.98. The number of ether oxygens (including phenoxy) is 2. The molecule has 0 atom stereocenters. The van der Waals surface area contributed by atoms with Crippen LogP contribution in [0.1, 0.15) is 22.6 Å². The van der Waals surface area contributed by atoms with Crippen LogP contribution in [-0.2, 0) is 22.6 Å². The molecule has 0 aliphatic rings. The highest BCUT2D eigenvalue weighted by atomic mass is 32.1. The zero-order chi connectivity index (χ0) is 22.5. The number of thiazole rings is 1. The predicted molar refractivity (Wildman–Crippen MR) is 124 cm³/mol. The van der Waals surface area contributed by atoms with Crippen molar-refractivity contribution in [2.75, 3.05) is 25.2 Å². The van der Waals surface area contributed by atoms with Crippen LogP contribution in [-0.4, -0.2) is 36.3 Å². The maximum Gasteiger partial charge on any atom is 0.233 e. The van der Waals surface area contributed by atoms with Crippen LogP contribution in [0.4, 0.5) is 5.13 Å². The maximum absolute atomic E-state index is 13.1. The number of amides is 1. The first kappa shape index (κ1) is 22.0. The van der Waals surface area contributed by atoms with Gasteiger partial charge in [0.1, 0.15) is 18.1 Å². The minimum absolute atomic E-state index is 0.0227. The molecule has 0 fully saturated rings. The Morgan fingerprint density at radius 2 is 1.91 bits per heavy atom. The first-order chi connectivity index (χ1) is 15.5. The van der Waals surface area contributed by atoms with Crippen LogP contribution in [0.2, 0.25) is 0 Å². The number of aryl methyl sites for hydroxylation is 2. The van der Waals surface area contributed by atoms with Crippen molar-refractivity contribution < 1.29 is 18.8 Å². The van der Waals surface area contributed by atoms with E-state index in [0.29, 0.717) is 24.9 Å². The lowest BCUT2D eigenvalue weighted by molar-refractivity contribution is -0.118. The summed E-state index contributed by atoms with van der Waals surface area (Å²) in [5.41, 5.74) is 3.58. The quantitative estimate of drug-likeness (QED) is 0.367. The van der Waals surface area contributed by atoms with E-state index in [4.69, 9.17) is 14.0 Å². The zero-order valence-electron chi connectivity index (χ0n) is 18.3. The molecule has 2 aromatic carbocycles. The number of carbonyl (C=O) groups is 1. The summed E-state index contributed by atoms with van der Waals surface area (Å²) < 4.78 is 17.3. The van der Waals surface area contributed by atoms with Gasteiger partial charge in [0.05, 0.1) is 41.0 Å². The summed E-state index contributed by atoms with van der Waals surface area (Å²) in [4.78, 5) is 19.5. The van der Waals surface area contributed by atoms with E-state index in [1.165, 1.54) is 11.3 Å². The van der Waals surface area contributed by atoms with E-state index in [2.05, 4.69) is 10.1 Å².